The van der Waals surface area contributed by atoms with Gasteiger partial charge in [-0.15, -0.1) is 0 Å². The van der Waals surface area contributed by atoms with E-state index in [1.54, 1.807) is 6.26 Å². The molecule has 0 spiro atoms. The topological polar surface area (TPSA) is 18.5 Å². The smallest absolute Gasteiger partial charge is 0.185 e. The maximum absolute atomic E-state index is 6.08. The summed E-state index contributed by atoms with van der Waals surface area (Å²) in [6.45, 7) is 6.58. The second-order valence-corrected chi connectivity index (χ2v) is 9.10. The second kappa shape index (κ2) is 3.83. The standard InChI is InChI=1S/C12H16O2Si/c1-15(2,3)14-12-8-9-13-11-7-5-4-6-10(11)12/h4-9,12H,1-3H3. The molecule has 3 heteroatoms. The van der Waals surface area contributed by atoms with Crippen LogP contribution in [0.25, 0.3) is 0 Å². The van der Waals surface area contributed by atoms with Gasteiger partial charge in [0, 0.05) is 5.56 Å². The highest BCUT2D eigenvalue weighted by molar-refractivity contribution is 6.69. The normalized spacial score (nSPS) is 19.5. The van der Waals surface area contributed by atoms with Crippen LogP contribution in [0, 0.1) is 0 Å². The third-order valence-electron chi connectivity index (χ3n) is 2.15. The fraction of sp³-hybridized carbons (Fsp3) is 0.333. The number of ether oxygens (including phenoxy) is 1. The largest absolute Gasteiger partial charge is 0.465 e. The zero-order chi connectivity index (χ0) is 10.9. The Morgan fingerprint density at radius 3 is 2.67 bits per heavy atom. The molecule has 2 nitrogen and oxygen atoms in total. The summed E-state index contributed by atoms with van der Waals surface area (Å²) in [4.78, 5) is 0. The second-order valence-electron chi connectivity index (χ2n) is 4.64. The highest BCUT2D eigenvalue weighted by Crippen LogP contribution is 2.33. The van der Waals surface area contributed by atoms with E-state index in [9.17, 15) is 0 Å². The summed E-state index contributed by atoms with van der Waals surface area (Å²) in [7, 11) is -1.52. The molecular formula is C12H16O2Si. The van der Waals surface area contributed by atoms with Gasteiger partial charge in [0.1, 0.15) is 5.75 Å². The lowest BCUT2D eigenvalue weighted by Crippen LogP contribution is -2.28. The van der Waals surface area contributed by atoms with Crippen molar-refractivity contribution in [3.63, 3.8) is 0 Å². The molecule has 0 aromatic heterocycles. The number of hydrogen-bond donors (Lipinski definition) is 0. The van der Waals surface area contributed by atoms with E-state index in [4.69, 9.17) is 9.16 Å². The summed E-state index contributed by atoms with van der Waals surface area (Å²) < 4.78 is 11.5. The van der Waals surface area contributed by atoms with Gasteiger partial charge in [-0.2, -0.15) is 0 Å². The molecule has 1 aliphatic heterocycles. The first kappa shape index (κ1) is 10.5. The van der Waals surface area contributed by atoms with Crippen LogP contribution >= 0.6 is 0 Å². The van der Waals surface area contributed by atoms with E-state index in [1.165, 1.54) is 0 Å². The van der Waals surface area contributed by atoms with Crippen molar-refractivity contribution in [2.24, 2.45) is 0 Å². The van der Waals surface area contributed by atoms with Crippen molar-refractivity contribution < 1.29 is 9.16 Å². The summed E-state index contributed by atoms with van der Waals surface area (Å²) in [6.07, 6.45) is 3.75. The maximum Gasteiger partial charge on any atom is 0.185 e. The third-order valence-corrected chi connectivity index (χ3v) is 3.12. The lowest BCUT2D eigenvalue weighted by Gasteiger charge is -2.27. The van der Waals surface area contributed by atoms with Crippen LogP contribution in [0.5, 0.6) is 5.75 Å². The summed E-state index contributed by atoms with van der Waals surface area (Å²) in [5.41, 5.74) is 1.13. The number of para-hydroxylation sites is 1. The van der Waals surface area contributed by atoms with Crippen molar-refractivity contribution >= 4 is 8.32 Å². The quantitative estimate of drug-likeness (QED) is 0.710. The minimum atomic E-state index is -1.52. The van der Waals surface area contributed by atoms with Crippen molar-refractivity contribution in [2.75, 3.05) is 0 Å². The van der Waals surface area contributed by atoms with Crippen LogP contribution < -0.4 is 4.74 Å². The van der Waals surface area contributed by atoms with Gasteiger partial charge < -0.3 is 9.16 Å². The Hall–Kier alpha value is -1.06. The number of benzene rings is 1. The molecule has 1 aliphatic rings. The van der Waals surface area contributed by atoms with Gasteiger partial charge >= 0.3 is 0 Å². The molecule has 80 valence electrons. The number of rotatable bonds is 2. The first-order valence-corrected chi connectivity index (χ1v) is 8.57. The highest BCUT2D eigenvalue weighted by Gasteiger charge is 2.24. The van der Waals surface area contributed by atoms with E-state index in [0.29, 0.717) is 0 Å². The van der Waals surface area contributed by atoms with E-state index in [1.807, 2.05) is 24.3 Å². The van der Waals surface area contributed by atoms with Crippen molar-refractivity contribution in [1.82, 2.24) is 0 Å². The van der Waals surface area contributed by atoms with Crippen LogP contribution in [0.4, 0.5) is 0 Å². The molecule has 0 amide bonds. The van der Waals surface area contributed by atoms with E-state index < -0.39 is 8.32 Å². The molecule has 1 heterocycles. The molecule has 0 fully saturated rings. The van der Waals surface area contributed by atoms with Gasteiger partial charge in [0.25, 0.3) is 0 Å². The minimum absolute atomic E-state index is 0.0571. The van der Waals surface area contributed by atoms with Gasteiger partial charge in [0.05, 0.1) is 12.4 Å². The van der Waals surface area contributed by atoms with E-state index in [-0.39, 0.29) is 6.10 Å². The SMILES string of the molecule is C[Si](C)(C)OC1C=COc2ccccc21. The third kappa shape index (κ3) is 2.49. The lowest BCUT2D eigenvalue weighted by molar-refractivity contribution is 0.231. The molecular weight excluding hydrogens is 204 g/mol. The monoisotopic (exact) mass is 220 g/mol. The molecule has 2 rings (SSSR count). The lowest BCUT2D eigenvalue weighted by atomic mass is 10.1. The first-order valence-electron chi connectivity index (χ1n) is 5.16. The molecule has 1 atom stereocenters. The summed E-state index contributed by atoms with van der Waals surface area (Å²) in [6, 6.07) is 8.02. The fourth-order valence-corrected chi connectivity index (χ4v) is 2.56. The van der Waals surface area contributed by atoms with E-state index in [2.05, 4.69) is 25.7 Å². The summed E-state index contributed by atoms with van der Waals surface area (Å²) in [5.74, 6) is 0.906. The summed E-state index contributed by atoms with van der Waals surface area (Å²) >= 11 is 0. The Kier molecular flexibility index (Phi) is 2.67. The predicted molar refractivity (Wildman–Crippen MR) is 63.4 cm³/mol. The Morgan fingerprint density at radius 2 is 1.93 bits per heavy atom. The van der Waals surface area contributed by atoms with Gasteiger partial charge in [-0.25, -0.2) is 0 Å². The predicted octanol–water partition coefficient (Wildman–Crippen LogP) is 3.49. The van der Waals surface area contributed by atoms with Gasteiger partial charge in [0.2, 0.25) is 0 Å². The minimum Gasteiger partial charge on any atom is -0.465 e. The number of hydrogen-bond acceptors (Lipinski definition) is 2. The van der Waals surface area contributed by atoms with Gasteiger partial charge in [0.15, 0.2) is 8.32 Å². The van der Waals surface area contributed by atoms with Gasteiger partial charge in [-0.1, -0.05) is 18.2 Å². The fourth-order valence-electron chi connectivity index (χ4n) is 1.59. The van der Waals surface area contributed by atoms with Crippen molar-refractivity contribution in [3.05, 3.63) is 42.2 Å². The highest BCUT2D eigenvalue weighted by atomic mass is 28.4. The Morgan fingerprint density at radius 1 is 1.20 bits per heavy atom. The molecule has 1 aromatic carbocycles. The summed E-state index contributed by atoms with van der Waals surface area (Å²) in [5, 5.41) is 0. The van der Waals surface area contributed by atoms with Crippen molar-refractivity contribution in [1.29, 1.82) is 0 Å². The van der Waals surface area contributed by atoms with E-state index in [0.717, 1.165) is 11.3 Å². The molecule has 0 bridgehead atoms. The van der Waals surface area contributed by atoms with Crippen LogP contribution in [-0.4, -0.2) is 8.32 Å². The Balaban J connectivity index is 2.27. The Labute approximate surface area is 91.7 Å². The maximum atomic E-state index is 6.08. The van der Waals surface area contributed by atoms with E-state index >= 15 is 0 Å². The Bertz CT molecular complexity index is 379. The molecule has 0 aliphatic carbocycles. The molecule has 0 saturated heterocycles. The van der Waals surface area contributed by atoms with Gasteiger partial charge in [-0.3, -0.25) is 0 Å². The average molecular weight is 220 g/mol. The average Bonchev–Trinajstić information content (AvgIpc) is 2.16. The van der Waals surface area contributed by atoms with Crippen molar-refractivity contribution in [2.45, 2.75) is 25.7 Å². The van der Waals surface area contributed by atoms with Crippen LogP contribution in [-0.2, 0) is 4.43 Å². The van der Waals surface area contributed by atoms with Crippen LogP contribution in [0.3, 0.4) is 0 Å². The zero-order valence-electron chi connectivity index (χ0n) is 9.36. The molecule has 0 N–H and O–H groups in total. The molecule has 15 heavy (non-hydrogen) atoms. The van der Waals surface area contributed by atoms with Crippen molar-refractivity contribution in [3.8, 4) is 5.75 Å². The van der Waals surface area contributed by atoms with Gasteiger partial charge in [-0.05, 0) is 31.8 Å². The molecule has 0 radical (unpaired) electrons. The number of fused-ring (bicyclic) bond motifs is 1. The zero-order valence-corrected chi connectivity index (χ0v) is 10.4. The molecule has 1 unspecified atom stereocenters. The first-order chi connectivity index (χ1) is 7.06. The molecule has 0 saturated carbocycles. The van der Waals surface area contributed by atoms with Crippen LogP contribution in [0.2, 0.25) is 19.6 Å². The van der Waals surface area contributed by atoms with Crippen LogP contribution in [0.15, 0.2) is 36.6 Å². The molecule has 1 aromatic rings. The van der Waals surface area contributed by atoms with Crippen LogP contribution in [0.1, 0.15) is 11.7 Å².